The summed E-state index contributed by atoms with van der Waals surface area (Å²) < 4.78 is 7.53. The van der Waals surface area contributed by atoms with Crippen LogP contribution in [-0.2, 0) is 13.1 Å². The van der Waals surface area contributed by atoms with E-state index in [0.29, 0.717) is 23.2 Å². The number of hydrogen-bond donors (Lipinski definition) is 0. The van der Waals surface area contributed by atoms with E-state index in [0.717, 1.165) is 10.4 Å². The number of thiophene rings is 1. The Morgan fingerprint density at radius 2 is 2.38 bits per heavy atom. The Morgan fingerprint density at radius 3 is 3.08 bits per heavy atom. The average molecular weight is 361 g/mol. The van der Waals surface area contributed by atoms with Gasteiger partial charge in [0.2, 0.25) is 0 Å². The van der Waals surface area contributed by atoms with Crippen LogP contribution in [0.2, 0.25) is 4.34 Å². The molecule has 0 fully saturated rings. The van der Waals surface area contributed by atoms with Crippen LogP contribution in [-0.4, -0.2) is 32.8 Å². The molecular formula is C16H13ClN4O2S. The Morgan fingerprint density at radius 1 is 1.54 bits per heavy atom. The Kier molecular flexibility index (Phi) is 4.69. The Hall–Kier alpha value is -2.56. The molecule has 0 aromatic carbocycles. The molecule has 6 nitrogen and oxygen atoms in total. The molecule has 0 bridgehead atoms. The minimum atomic E-state index is -0.239. The van der Waals surface area contributed by atoms with E-state index in [1.807, 2.05) is 12.3 Å². The molecule has 0 saturated heterocycles. The van der Waals surface area contributed by atoms with Crippen molar-refractivity contribution in [1.82, 2.24) is 19.8 Å². The predicted molar refractivity (Wildman–Crippen MR) is 91.7 cm³/mol. The standard InChI is InChI=1S/C16H13ClN4O2S/c1-3-6-21-10-11(8-18-21)9-20(2)16(22)12-7-13(23-19-12)14-4-5-15(17)24-14/h1,4-5,7-8,10H,6,9H2,2H3. The topological polar surface area (TPSA) is 64.2 Å². The smallest absolute Gasteiger partial charge is 0.276 e. The van der Waals surface area contributed by atoms with Gasteiger partial charge in [0, 0.05) is 31.4 Å². The molecule has 3 aromatic heterocycles. The molecule has 8 heteroatoms. The van der Waals surface area contributed by atoms with Crippen molar-refractivity contribution in [2.75, 3.05) is 7.05 Å². The summed E-state index contributed by atoms with van der Waals surface area (Å²) in [6.07, 6.45) is 8.74. The summed E-state index contributed by atoms with van der Waals surface area (Å²) in [6, 6.07) is 5.21. The molecule has 0 aliphatic rings. The van der Waals surface area contributed by atoms with E-state index in [2.05, 4.69) is 16.2 Å². The van der Waals surface area contributed by atoms with Crippen molar-refractivity contribution in [1.29, 1.82) is 0 Å². The van der Waals surface area contributed by atoms with Crippen LogP contribution in [0.1, 0.15) is 16.1 Å². The Labute approximate surface area is 147 Å². The largest absolute Gasteiger partial charge is 0.355 e. The van der Waals surface area contributed by atoms with Crippen molar-refractivity contribution in [3.63, 3.8) is 0 Å². The minimum Gasteiger partial charge on any atom is -0.355 e. The highest BCUT2D eigenvalue weighted by molar-refractivity contribution is 7.19. The number of terminal acetylenes is 1. The molecule has 0 radical (unpaired) electrons. The zero-order valence-corrected chi connectivity index (χ0v) is 14.3. The molecule has 0 spiro atoms. The van der Waals surface area contributed by atoms with Gasteiger partial charge < -0.3 is 9.42 Å². The van der Waals surface area contributed by atoms with Gasteiger partial charge in [-0.2, -0.15) is 5.10 Å². The van der Waals surface area contributed by atoms with Gasteiger partial charge in [-0.25, -0.2) is 0 Å². The van der Waals surface area contributed by atoms with E-state index in [4.69, 9.17) is 22.5 Å². The molecule has 0 N–H and O–H groups in total. The van der Waals surface area contributed by atoms with Crippen molar-refractivity contribution in [2.24, 2.45) is 0 Å². The van der Waals surface area contributed by atoms with Gasteiger partial charge in [0.25, 0.3) is 5.91 Å². The van der Waals surface area contributed by atoms with Gasteiger partial charge in [-0.15, -0.1) is 17.8 Å². The summed E-state index contributed by atoms with van der Waals surface area (Å²) in [4.78, 5) is 14.8. The van der Waals surface area contributed by atoms with Crippen molar-refractivity contribution in [3.05, 3.63) is 46.2 Å². The van der Waals surface area contributed by atoms with Gasteiger partial charge in [0.05, 0.1) is 15.4 Å². The van der Waals surface area contributed by atoms with Gasteiger partial charge in [-0.1, -0.05) is 22.7 Å². The first kappa shape index (κ1) is 16.3. The second kappa shape index (κ2) is 6.91. The SMILES string of the molecule is C#CCn1cc(CN(C)C(=O)c2cc(-c3ccc(Cl)s3)on2)cn1. The lowest BCUT2D eigenvalue weighted by Gasteiger charge is -2.13. The highest BCUT2D eigenvalue weighted by Crippen LogP contribution is 2.31. The summed E-state index contributed by atoms with van der Waals surface area (Å²) in [5.41, 5.74) is 1.13. The number of carbonyl (C=O) groups excluding carboxylic acids is 1. The van der Waals surface area contributed by atoms with E-state index in [-0.39, 0.29) is 11.6 Å². The number of amides is 1. The molecule has 0 aliphatic carbocycles. The van der Waals surface area contributed by atoms with Gasteiger partial charge in [-0.3, -0.25) is 9.48 Å². The second-order valence-corrected chi connectivity index (χ2v) is 6.81. The fraction of sp³-hybridized carbons (Fsp3) is 0.188. The fourth-order valence-electron chi connectivity index (χ4n) is 2.15. The third kappa shape index (κ3) is 3.50. The molecule has 3 heterocycles. The zero-order valence-electron chi connectivity index (χ0n) is 12.8. The van der Waals surface area contributed by atoms with Crippen LogP contribution in [0.4, 0.5) is 0 Å². The van der Waals surface area contributed by atoms with Crippen molar-refractivity contribution in [2.45, 2.75) is 13.1 Å². The monoisotopic (exact) mass is 360 g/mol. The third-order valence-corrected chi connectivity index (χ3v) is 4.50. The number of rotatable bonds is 5. The van der Waals surface area contributed by atoms with Crippen LogP contribution >= 0.6 is 22.9 Å². The van der Waals surface area contributed by atoms with Crippen molar-refractivity contribution < 1.29 is 9.32 Å². The summed E-state index contributed by atoms with van der Waals surface area (Å²) in [5.74, 6) is 2.79. The van der Waals surface area contributed by atoms with Crippen LogP contribution in [0.3, 0.4) is 0 Å². The van der Waals surface area contributed by atoms with Crippen molar-refractivity contribution >= 4 is 28.8 Å². The van der Waals surface area contributed by atoms with Gasteiger partial charge in [-0.05, 0) is 12.1 Å². The first-order valence-corrected chi connectivity index (χ1v) is 8.19. The van der Waals surface area contributed by atoms with Gasteiger partial charge in [0.1, 0.15) is 6.54 Å². The van der Waals surface area contributed by atoms with Gasteiger partial charge >= 0.3 is 0 Å². The molecule has 3 rings (SSSR count). The van der Waals surface area contributed by atoms with E-state index in [1.165, 1.54) is 11.3 Å². The van der Waals surface area contributed by atoms with Gasteiger partial charge in [0.15, 0.2) is 11.5 Å². The highest BCUT2D eigenvalue weighted by atomic mass is 35.5. The minimum absolute atomic E-state index is 0.239. The quantitative estimate of drug-likeness (QED) is 0.655. The van der Waals surface area contributed by atoms with Crippen LogP contribution < -0.4 is 0 Å². The first-order chi connectivity index (χ1) is 11.6. The molecule has 1 amide bonds. The first-order valence-electron chi connectivity index (χ1n) is 6.99. The summed E-state index contributed by atoms with van der Waals surface area (Å²) in [5, 5.41) is 7.98. The zero-order chi connectivity index (χ0) is 17.1. The maximum Gasteiger partial charge on any atom is 0.276 e. The van der Waals surface area contributed by atoms with E-state index in [1.54, 1.807) is 35.0 Å². The molecule has 24 heavy (non-hydrogen) atoms. The average Bonchev–Trinajstić information content (AvgIpc) is 3.27. The number of carbonyl (C=O) groups is 1. The van der Waals surface area contributed by atoms with Crippen LogP contribution in [0, 0.1) is 12.3 Å². The lowest BCUT2D eigenvalue weighted by atomic mass is 10.3. The molecular weight excluding hydrogens is 348 g/mol. The van der Waals surface area contributed by atoms with Crippen LogP contribution in [0.15, 0.2) is 35.1 Å². The fourth-order valence-corrected chi connectivity index (χ4v) is 3.14. The number of halogens is 1. The second-order valence-electron chi connectivity index (χ2n) is 5.09. The Balaban J connectivity index is 1.69. The lowest BCUT2D eigenvalue weighted by molar-refractivity contribution is 0.0775. The number of hydrogen-bond acceptors (Lipinski definition) is 5. The van der Waals surface area contributed by atoms with Crippen LogP contribution in [0.5, 0.6) is 0 Å². The van der Waals surface area contributed by atoms with Crippen molar-refractivity contribution in [3.8, 4) is 23.0 Å². The predicted octanol–water partition coefficient (Wildman–Crippen LogP) is 3.16. The normalized spacial score (nSPS) is 10.5. The molecule has 3 aromatic rings. The third-order valence-electron chi connectivity index (χ3n) is 3.25. The maximum absolute atomic E-state index is 12.5. The highest BCUT2D eigenvalue weighted by Gasteiger charge is 2.19. The molecule has 0 atom stereocenters. The van der Waals surface area contributed by atoms with E-state index >= 15 is 0 Å². The molecule has 0 unspecified atom stereocenters. The maximum atomic E-state index is 12.5. The van der Waals surface area contributed by atoms with E-state index < -0.39 is 0 Å². The summed E-state index contributed by atoms with van der Waals surface area (Å²) in [7, 11) is 1.69. The number of nitrogens with zero attached hydrogens (tertiary/aromatic N) is 4. The molecule has 122 valence electrons. The summed E-state index contributed by atoms with van der Waals surface area (Å²) in [6.45, 7) is 0.796. The number of aromatic nitrogens is 3. The van der Waals surface area contributed by atoms with E-state index in [9.17, 15) is 4.79 Å². The molecule has 0 saturated carbocycles. The summed E-state index contributed by atoms with van der Waals surface area (Å²) >= 11 is 7.27. The molecule has 0 aliphatic heterocycles. The Bertz CT molecular complexity index is 905. The van der Waals surface area contributed by atoms with Crippen LogP contribution in [0.25, 0.3) is 10.6 Å². The lowest BCUT2D eigenvalue weighted by Crippen LogP contribution is -2.26.